The summed E-state index contributed by atoms with van der Waals surface area (Å²) in [6.45, 7) is 2.98. The van der Waals surface area contributed by atoms with Crippen LogP contribution in [-0.4, -0.2) is 66.2 Å². The van der Waals surface area contributed by atoms with Crippen LogP contribution in [0, 0.1) is 17.7 Å². The van der Waals surface area contributed by atoms with Crippen molar-refractivity contribution >= 4 is 68.3 Å². The summed E-state index contributed by atoms with van der Waals surface area (Å²) in [5.74, 6) is -5.00. The number of amides is 1. The van der Waals surface area contributed by atoms with E-state index in [1.165, 1.54) is 33.0 Å². The number of carbonyl (C=O) groups is 4. The molecular weight excluding hydrogens is 668 g/mol. The van der Waals surface area contributed by atoms with Gasteiger partial charge in [-0.25, -0.2) is 4.39 Å². The molecule has 2 aromatic carbocycles. The van der Waals surface area contributed by atoms with Gasteiger partial charge in [0.15, 0.2) is 34.6 Å². The Balaban J connectivity index is 1.43. The number of fused-ring (bicyclic) bond motifs is 2. The predicted octanol–water partition coefficient (Wildman–Crippen LogP) is 6.46. The van der Waals surface area contributed by atoms with E-state index >= 15 is 4.39 Å². The van der Waals surface area contributed by atoms with Crippen molar-refractivity contribution in [2.24, 2.45) is 11.8 Å². The summed E-state index contributed by atoms with van der Waals surface area (Å²) >= 11 is 14.3. The Kier molecular flexibility index (Phi) is 11.2. The zero-order chi connectivity index (χ0) is 33.9. The van der Waals surface area contributed by atoms with E-state index in [4.69, 9.17) is 52.4 Å². The minimum Gasteiger partial charge on any atom is -0.491 e. The van der Waals surface area contributed by atoms with Crippen LogP contribution < -0.4 is 18.9 Å². The summed E-state index contributed by atoms with van der Waals surface area (Å²) in [4.78, 5) is 49.3. The number of carboxylic acid groups (broad SMARTS) is 2. The van der Waals surface area contributed by atoms with Crippen LogP contribution in [0.2, 0.25) is 10.0 Å². The Morgan fingerprint density at radius 1 is 0.891 bits per heavy atom. The van der Waals surface area contributed by atoms with Gasteiger partial charge < -0.3 is 34.1 Å². The standard InChI is InChI=1S/C31H32Cl2FNO10S/c1-14(30(38)39)8-19(36)21-11-16-10-20(26(42-3)24(33)29(16)46-21)44-6-5-7-45-27-23(32)17-12-35(22(37)9-15(2)31(40)41)13-18(17)25(34)28(27)43-4/h10-11,14-15H,5-9,12-13H2,1-4H3,(H,38,39)(H,40,41). The molecule has 0 radical (unpaired) electrons. The van der Waals surface area contributed by atoms with Crippen molar-refractivity contribution in [3.8, 4) is 23.0 Å². The van der Waals surface area contributed by atoms with Gasteiger partial charge in [-0.3, -0.25) is 19.2 Å². The number of rotatable bonds is 15. The predicted molar refractivity (Wildman–Crippen MR) is 168 cm³/mol. The van der Waals surface area contributed by atoms with E-state index < -0.39 is 35.5 Å². The maximum atomic E-state index is 15.4. The lowest BCUT2D eigenvalue weighted by Gasteiger charge is -2.17. The largest absolute Gasteiger partial charge is 0.491 e. The maximum absolute atomic E-state index is 15.4. The van der Waals surface area contributed by atoms with Gasteiger partial charge in [0.1, 0.15) is 5.02 Å². The Morgan fingerprint density at radius 3 is 2.13 bits per heavy atom. The molecule has 0 aliphatic carbocycles. The van der Waals surface area contributed by atoms with Crippen LogP contribution in [0.5, 0.6) is 23.0 Å². The molecule has 2 N–H and O–H groups in total. The van der Waals surface area contributed by atoms with E-state index in [0.29, 0.717) is 32.7 Å². The van der Waals surface area contributed by atoms with Crippen molar-refractivity contribution in [3.05, 3.63) is 44.0 Å². The molecule has 11 nitrogen and oxygen atoms in total. The van der Waals surface area contributed by atoms with Crippen molar-refractivity contribution in [1.29, 1.82) is 0 Å². The van der Waals surface area contributed by atoms with Crippen LogP contribution in [0.3, 0.4) is 0 Å². The lowest BCUT2D eigenvalue weighted by Crippen LogP contribution is -2.28. The summed E-state index contributed by atoms with van der Waals surface area (Å²) < 4.78 is 38.5. The molecule has 0 bridgehead atoms. The molecule has 46 heavy (non-hydrogen) atoms. The fourth-order valence-electron chi connectivity index (χ4n) is 4.89. The molecule has 2 unspecified atom stereocenters. The Morgan fingerprint density at radius 2 is 1.50 bits per heavy atom. The molecule has 248 valence electrons. The lowest BCUT2D eigenvalue weighted by atomic mass is 10.0. The molecule has 0 fully saturated rings. The number of halogens is 3. The highest BCUT2D eigenvalue weighted by Gasteiger charge is 2.34. The molecule has 1 aliphatic rings. The zero-order valence-electron chi connectivity index (χ0n) is 25.4. The molecule has 0 spiro atoms. The SMILES string of the molecule is COc1c(F)c2c(c(Cl)c1OCCCOc1cc3cc(C(=O)CC(C)C(=O)O)sc3c(Cl)c1OC)CN(C(=O)CC(C)C(=O)O)C2. The number of hydrogen-bond donors (Lipinski definition) is 2. The van der Waals surface area contributed by atoms with Gasteiger partial charge in [0.25, 0.3) is 0 Å². The minimum absolute atomic E-state index is 0.00274. The number of carboxylic acids is 2. The molecule has 0 saturated heterocycles. The van der Waals surface area contributed by atoms with Crippen molar-refractivity contribution in [1.82, 2.24) is 4.90 Å². The highest BCUT2D eigenvalue weighted by molar-refractivity contribution is 7.21. The normalized spacial score (nSPS) is 13.7. The van der Waals surface area contributed by atoms with E-state index in [1.807, 2.05) is 0 Å². The average molecular weight is 701 g/mol. The van der Waals surface area contributed by atoms with Crippen molar-refractivity contribution in [3.63, 3.8) is 0 Å². The van der Waals surface area contributed by atoms with Gasteiger partial charge in [-0.2, -0.15) is 0 Å². The fraction of sp³-hybridized carbons (Fsp3) is 0.419. The van der Waals surface area contributed by atoms with Crippen LogP contribution in [0.25, 0.3) is 10.1 Å². The number of ether oxygens (including phenoxy) is 4. The second-order valence-electron chi connectivity index (χ2n) is 10.8. The fourth-order valence-corrected chi connectivity index (χ4v) is 6.62. The molecule has 1 amide bonds. The first-order chi connectivity index (χ1) is 21.8. The third-order valence-corrected chi connectivity index (χ3v) is 9.59. The Hall–Kier alpha value is -3.81. The molecule has 2 atom stereocenters. The number of benzene rings is 2. The average Bonchev–Trinajstić information content (AvgIpc) is 3.65. The Labute approximate surface area is 277 Å². The van der Waals surface area contributed by atoms with Crippen LogP contribution in [0.4, 0.5) is 4.39 Å². The molecule has 15 heteroatoms. The van der Waals surface area contributed by atoms with Gasteiger partial charge in [0, 0.05) is 43.5 Å². The summed E-state index contributed by atoms with van der Waals surface area (Å²) in [6, 6.07) is 3.31. The van der Waals surface area contributed by atoms with Gasteiger partial charge in [-0.15, -0.1) is 11.3 Å². The second kappa shape index (κ2) is 14.7. The number of ketones is 1. The summed E-state index contributed by atoms with van der Waals surface area (Å²) in [7, 11) is 2.70. The number of thiophene rings is 1. The molecule has 1 aliphatic heterocycles. The van der Waals surface area contributed by atoms with Crippen LogP contribution in [0.1, 0.15) is 53.9 Å². The van der Waals surface area contributed by atoms with E-state index in [1.54, 1.807) is 12.1 Å². The minimum atomic E-state index is -1.10. The van der Waals surface area contributed by atoms with Gasteiger partial charge in [0.2, 0.25) is 5.91 Å². The van der Waals surface area contributed by atoms with E-state index in [2.05, 4.69) is 0 Å². The second-order valence-corrected chi connectivity index (χ2v) is 12.6. The highest BCUT2D eigenvalue weighted by atomic mass is 35.5. The van der Waals surface area contributed by atoms with Gasteiger partial charge in [0.05, 0.1) is 53.9 Å². The summed E-state index contributed by atoms with van der Waals surface area (Å²) in [5, 5.41) is 19.2. The molecular formula is C31H32Cl2FNO10S. The van der Waals surface area contributed by atoms with Crippen molar-refractivity contribution in [2.75, 3.05) is 27.4 Å². The molecule has 2 heterocycles. The number of carbonyl (C=O) groups excluding carboxylic acids is 2. The number of Topliss-reactive ketones (excluding diaryl/α,β-unsaturated/α-hetero) is 1. The van der Waals surface area contributed by atoms with Crippen LogP contribution in [0.15, 0.2) is 12.1 Å². The van der Waals surface area contributed by atoms with Crippen LogP contribution in [-0.2, 0) is 27.5 Å². The third-order valence-electron chi connectivity index (χ3n) is 7.51. The van der Waals surface area contributed by atoms with Gasteiger partial charge in [-0.1, -0.05) is 37.0 Å². The number of methoxy groups -OCH3 is 2. The summed E-state index contributed by atoms with van der Waals surface area (Å²) in [5.41, 5.74) is 0.546. The van der Waals surface area contributed by atoms with Gasteiger partial charge >= 0.3 is 11.9 Å². The smallest absolute Gasteiger partial charge is 0.306 e. The molecule has 0 saturated carbocycles. The highest BCUT2D eigenvalue weighted by Crippen LogP contribution is 2.47. The topological polar surface area (TPSA) is 149 Å². The zero-order valence-corrected chi connectivity index (χ0v) is 27.7. The lowest BCUT2D eigenvalue weighted by molar-refractivity contribution is -0.145. The summed E-state index contributed by atoms with van der Waals surface area (Å²) in [6.07, 6.45) is -0.0650. The number of hydrogen-bond acceptors (Lipinski definition) is 9. The first-order valence-electron chi connectivity index (χ1n) is 14.2. The number of nitrogens with zero attached hydrogens (tertiary/aromatic N) is 1. The van der Waals surface area contributed by atoms with Crippen molar-refractivity contribution in [2.45, 2.75) is 46.2 Å². The van der Waals surface area contributed by atoms with Crippen molar-refractivity contribution < 1.29 is 52.7 Å². The van der Waals surface area contributed by atoms with E-state index in [0.717, 1.165) is 11.3 Å². The maximum Gasteiger partial charge on any atom is 0.306 e. The van der Waals surface area contributed by atoms with Crippen LogP contribution >= 0.6 is 34.5 Å². The van der Waals surface area contributed by atoms with E-state index in [-0.39, 0.29) is 77.8 Å². The molecule has 3 aromatic rings. The first kappa shape index (κ1) is 35.1. The Bertz CT molecular complexity index is 1690. The quantitative estimate of drug-likeness (QED) is 0.134. The molecule has 4 rings (SSSR count). The first-order valence-corrected chi connectivity index (χ1v) is 15.7. The third kappa shape index (κ3) is 7.26. The number of aliphatic carboxylic acids is 2. The molecule has 1 aromatic heterocycles. The van der Waals surface area contributed by atoms with Gasteiger partial charge in [-0.05, 0) is 17.5 Å². The monoisotopic (exact) mass is 699 g/mol. The van der Waals surface area contributed by atoms with E-state index in [9.17, 15) is 19.2 Å².